The number of carboxylic acids is 1. The molecule has 6 nitrogen and oxygen atoms in total. The Morgan fingerprint density at radius 1 is 1.27 bits per heavy atom. The number of rotatable bonds is 5. The van der Waals surface area contributed by atoms with Gasteiger partial charge < -0.3 is 10.0 Å². The van der Waals surface area contributed by atoms with Crippen molar-refractivity contribution in [3.05, 3.63) is 29.0 Å². The number of sulfonamides is 1. The topological polar surface area (TPSA) is 77.9 Å². The Kier molecular flexibility index (Phi) is 5.38. The third kappa shape index (κ3) is 3.95. The zero-order chi connectivity index (χ0) is 16.3. The molecule has 0 amide bonds. The Hall–Kier alpha value is -1.22. The molecule has 0 aliphatic carbocycles. The largest absolute Gasteiger partial charge is 0.481 e. The van der Waals surface area contributed by atoms with Crippen molar-refractivity contribution >= 4 is 27.6 Å². The monoisotopic (exact) mass is 350 g/mol. The Morgan fingerprint density at radius 2 is 1.91 bits per heavy atom. The number of hydrogen-bond acceptors (Lipinski definition) is 4. The van der Waals surface area contributed by atoms with E-state index in [1.54, 1.807) is 0 Å². The molecule has 1 N–H and O–H groups in total. The van der Waals surface area contributed by atoms with Gasteiger partial charge in [-0.3, -0.25) is 4.79 Å². The van der Waals surface area contributed by atoms with Gasteiger partial charge in [-0.2, -0.15) is 4.31 Å². The summed E-state index contributed by atoms with van der Waals surface area (Å²) in [7, 11) is -3.72. The van der Waals surface area contributed by atoms with Gasteiger partial charge in [-0.15, -0.1) is 0 Å². The van der Waals surface area contributed by atoms with Gasteiger partial charge in [-0.05, 0) is 18.2 Å². The molecule has 1 aromatic carbocycles. The van der Waals surface area contributed by atoms with Gasteiger partial charge in [0.25, 0.3) is 0 Å². The molecular weight excluding hydrogens is 335 g/mol. The van der Waals surface area contributed by atoms with Crippen LogP contribution in [0.2, 0.25) is 5.02 Å². The van der Waals surface area contributed by atoms with Crippen molar-refractivity contribution in [3.8, 4) is 0 Å². The fourth-order valence-corrected chi connectivity index (χ4v) is 3.93. The number of hydrogen-bond donors (Lipinski definition) is 1. The lowest BCUT2D eigenvalue weighted by molar-refractivity contribution is -0.137. The lowest BCUT2D eigenvalue weighted by atomic mass is 10.3. The van der Waals surface area contributed by atoms with Crippen LogP contribution in [0.4, 0.5) is 4.39 Å². The van der Waals surface area contributed by atoms with Gasteiger partial charge in [0, 0.05) is 32.7 Å². The van der Waals surface area contributed by atoms with Crippen molar-refractivity contribution < 1.29 is 22.7 Å². The summed E-state index contributed by atoms with van der Waals surface area (Å²) in [5.41, 5.74) is 0. The molecule has 9 heteroatoms. The van der Waals surface area contributed by atoms with E-state index >= 15 is 0 Å². The average Bonchev–Trinajstić information content (AvgIpc) is 2.48. The molecule has 0 saturated carbocycles. The number of piperazine rings is 1. The highest BCUT2D eigenvalue weighted by molar-refractivity contribution is 7.89. The second-order valence-corrected chi connectivity index (χ2v) is 7.31. The summed E-state index contributed by atoms with van der Waals surface area (Å²) in [6.07, 6.45) is 0.0281. The quantitative estimate of drug-likeness (QED) is 0.865. The van der Waals surface area contributed by atoms with E-state index in [4.69, 9.17) is 16.7 Å². The van der Waals surface area contributed by atoms with Crippen LogP contribution >= 0.6 is 11.6 Å². The second-order valence-electron chi connectivity index (χ2n) is 4.97. The summed E-state index contributed by atoms with van der Waals surface area (Å²) in [5.74, 6) is -1.55. The summed E-state index contributed by atoms with van der Waals surface area (Å²) >= 11 is 5.63. The molecular formula is C13H16ClFN2O4S. The predicted molar refractivity (Wildman–Crippen MR) is 78.9 cm³/mol. The molecule has 0 atom stereocenters. The summed E-state index contributed by atoms with van der Waals surface area (Å²) < 4.78 is 39.3. The summed E-state index contributed by atoms with van der Waals surface area (Å²) in [6, 6.07) is 3.31. The SMILES string of the molecule is O=C(O)CCN1CCN(S(=O)(=O)c2ccc(F)c(Cl)c2)CC1. The lowest BCUT2D eigenvalue weighted by Crippen LogP contribution is -2.48. The third-order valence-corrected chi connectivity index (χ3v) is 5.69. The van der Waals surface area contributed by atoms with Crippen LogP contribution in [-0.2, 0) is 14.8 Å². The first-order valence-electron chi connectivity index (χ1n) is 6.70. The van der Waals surface area contributed by atoms with Gasteiger partial charge in [-0.25, -0.2) is 12.8 Å². The van der Waals surface area contributed by atoms with E-state index in [-0.39, 0.29) is 29.4 Å². The number of nitrogens with zero attached hydrogens (tertiary/aromatic N) is 2. The van der Waals surface area contributed by atoms with Gasteiger partial charge in [0.15, 0.2) is 0 Å². The first-order chi connectivity index (χ1) is 10.3. The van der Waals surface area contributed by atoms with E-state index in [1.807, 2.05) is 4.90 Å². The number of carbonyl (C=O) groups is 1. The van der Waals surface area contributed by atoms with Gasteiger partial charge in [0.05, 0.1) is 16.3 Å². The molecule has 0 spiro atoms. The molecule has 22 heavy (non-hydrogen) atoms. The summed E-state index contributed by atoms with van der Waals surface area (Å²) in [6.45, 7) is 1.84. The Balaban J connectivity index is 2.03. The number of aliphatic carboxylic acids is 1. The highest BCUT2D eigenvalue weighted by Gasteiger charge is 2.28. The first-order valence-corrected chi connectivity index (χ1v) is 8.52. The molecule has 1 saturated heterocycles. The molecule has 0 unspecified atom stereocenters. The zero-order valence-electron chi connectivity index (χ0n) is 11.7. The van der Waals surface area contributed by atoms with Crippen LogP contribution < -0.4 is 0 Å². The maximum absolute atomic E-state index is 13.1. The molecule has 1 aromatic rings. The summed E-state index contributed by atoms with van der Waals surface area (Å²) in [5, 5.41) is 8.41. The second kappa shape index (κ2) is 6.91. The van der Waals surface area contributed by atoms with Crippen molar-refractivity contribution in [2.75, 3.05) is 32.7 Å². The van der Waals surface area contributed by atoms with Crippen LogP contribution in [0, 0.1) is 5.82 Å². The maximum Gasteiger partial charge on any atom is 0.304 e. The summed E-state index contributed by atoms with van der Waals surface area (Å²) in [4.78, 5) is 12.4. The van der Waals surface area contributed by atoms with Gasteiger partial charge in [-0.1, -0.05) is 11.6 Å². The van der Waals surface area contributed by atoms with E-state index in [0.717, 1.165) is 12.1 Å². The number of halogens is 2. The predicted octanol–water partition coefficient (Wildman–Crippen LogP) is 1.26. The molecule has 122 valence electrons. The lowest BCUT2D eigenvalue weighted by Gasteiger charge is -2.33. The van der Waals surface area contributed by atoms with Crippen molar-refractivity contribution in [1.82, 2.24) is 9.21 Å². The highest BCUT2D eigenvalue weighted by Crippen LogP contribution is 2.23. The average molecular weight is 351 g/mol. The van der Waals surface area contributed by atoms with Gasteiger partial charge >= 0.3 is 5.97 Å². The molecule has 0 aromatic heterocycles. The van der Waals surface area contributed by atoms with E-state index in [1.165, 1.54) is 10.4 Å². The van der Waals surface area contributed by atoms with Crippen molar-refractivity contribution in [3.63, 3.8) is 0 Å². The minimum atomic E-state index is -3.72. The van der Waals surface area contributed by atoms with Crippen LogP contribution in [-0.4, -0.2) is 61.4 Å². The molecule has 1 fully saturated rings. The number of benzene rings is 1. The zero-order valence-corrected chi connectivity index (χ0v) is 13.3. The molecule has 1 heterocycles. The van der Waals surface area contributed by atoms with Crippen molar-refractivity contribution in [2.45, 2.75) is 11.3 Å². The smallest absolute Gasteiger partial charge is 0.304 e. The fourth-order valence-electron chi connectivity index (χ4n) is 2.23. The molecule has 0 radical (unpaired) electrons. The van der Waals surface area contributed by atoms with Crippen LogP contribution in [0.1, 0.15) is 6.42 Å². The van der Waals surface area contributed by atoms with Crippen molar-refractivity contribution in [1.29, 1.82) is 0 Å². The van der Waals surface area contributed by atoms with Gasteiger partial charge in [0.1, 0.15) is 5.82 Å². The van der Waals surface area contributed by atoms with E-state index < -0.39 is 21.8 Å². The highest BCUT2D eigenvalue weighted by atomic mass is 35.5. The van der Waals surface area contributed by atoms with E-state index in [2.05, 4.69) is 0 Å². The van der Waals surface area contributed by atoms with Gasteiger partial charge in [0.2, 0.25) is 10.0 Å². The van der Waals surface area contributed by atoms with Crippen LogP contribution in [0.15, 0.2) is 23.1 Å². The van der Waals surface area contributed by atoms with E-state index in [0.29, 0.717) is 19.6 Å². The number of carboxylic acid groups (broad SMARTS) is 1. The fraction of sp³-hybridized carbons (Fsp3) is 0.462. The molecule has 2 rings (SSSR count). The Bertz CT molecular complexity index is 660. The minimum absolute atomic E-state index is 0.0281. The molecule has 0 bridgehead atoms. The van der Waals surface area contributed by atoms with Crippen LogP contribution in [0.5, 0.6) is 0 Å². The minimum Gasteiger partial charge on any atom is -0.481 e. The van der Waals surface area contributed by atoms with E-state index in [9.17, 15) is 17.6 Å². The third-order valence-electron chi connectivity index (χ3n) is 3.50. The Labute approximate surface area is 133 Å². The van der Waals surface area contributed by atoms with Crippen LogP contribution in [0.25, 0.3) is 0 Å². The normalized spacial score (nSPS) is 17.5. The molecule has 1 aliphatic rings. The Morgan fingerprint density at radius 3 is 2.45 bits per heavy atom. The maximum atomic E-state index is 13.1. The molecule has 1 aliphatic heterocycles. The standard InChI is InChI=1S/C13H16ClFN2O4S/c14-11-9-10(1-2-12(11)15)22(20,21)17-7-5-16(6-8-17)4-3-13(18)19/h1-2,9H,3-8H2,(H,18,19). The van der Waals surface area contributed by atoms with Crippen molar-refractivity contribution in [2.24, 2.45) is 0 Å². The first kappa shape index (κ1) is 17.1. The van der Waals surface area contributed by atoms with Crippen LogP contribution in [0.3, 0.4) is 0 Å².